The predicted octanol–water partition coefficient (Wildman–Crippen LogP) is 1.62. The molecule has 1 unspecified atom stereocenters. The number of hydrogen-bond acceptors (Lipinski definition) is 4. The van der Waals surface area contributed by atoms with Gasteiger partial charge in [0.1, 0.15) is 6.04 Å². The van der Waals surface area contributed by atoms with Gasteiger partial charge >= 0.3 is 0 Å². The topological polar surface area (TPSA) is 65.1 Å². The molecular formula is C20H27N2O4+. The summed E-state index contributed by atoms with van der Waals surface area (Å²) in [6.45, 7) is 6.23. The molecule has 2 heterocycles. The van der Waals surface area contributed by atoms with Crippen LogP contribution in [0.25, 0.3) is 0 Å². The summed E-state index contributed by atoms with van der Waals surface area (Å²) in [6.07, 6.45) is 2.49. The molecule has 0 aliphatic carbocycles. The van der Waals surface area contributed by atoms with Gasteiger partial charge in [0.05, 0.1) is 39.6 Å². The van der Waals surface area contributed by atoms with Crippen molar-refractivity contribution in [3.8, 4) is 11.5 Å². The standard InChI is InChI=1S/C20H26N2O4/c1-5-22-9-8-14-11-17(24-3)18(25-4)12-15(14)19(22)13(2)21-20(23)16-7-6-10-26-16/h6-7,10-13,19H,5,8-9H2,1-4H3,(H,21,23)/p+1/t13-,19-/m1/s1. The summed E-state index contributed by atoms with van der Waals surface area (Å²) in [5.41, 5.74) is 2.46. The molecule has 0 bridgehead atoms. The van der Waals surface area contributed by atoms with E-state index in [0.29, 0.717) is 5.76 Å². The van der Waals surface area contributed by atoms with Gasteiger partial charge in [-0.15, -0.1) is 0 Å². The molecule has 140 valence electrons. The number of carbonyl (C=O) groups is 1. The average Bonchev–Trinajstić information content (AvgIpc) is 3.20. The maximum atomic E-state index is 12.4. The second-order valence-corrected chi connectivity index (χ2v) is 6.63. The van der Waals surface area contributed by atoms with Crippen LogP contribution in [0, 0.1) is 0 Å². The van der Waals surface area contributed by atoms with Crippen molar-refractivity contribution in [2.24, 2.45) is 0 Å². The fourth-order valence-electron chi connectivity index (χ4n) is 3.90. The molecule has 1 aromatic carbocycles. The Morgan fingerprint density at radius 3 is 2.69 bits per heavy atom. The fourth-order valence-corrected chi connectivity index (χ4v) is 3.90. The quantitative estimate of drug-likeness (QED) is 0.823. The van der Waals surface area contributed by atoms with E-state index in [4.69, 9.17) is 13.9 Å². The van der Waals surface area contributed by atoms with E-state index in [-0.39, 0.29) is 18.0 Å². The third kappa shape index (κ3) is 3.42. The van der Waals surface area contributed by atoms with Gasteiger partial charge in [0.15, 0.2) is 17.3 Å². The number of fused-ring (bicyclic) bond motifs is 1. The van der Waals surface area contributed by atoms with Crippen LogP contribution in [0.15, 0.2) is 34.9 Å². The van der Waals surface area contributed by atoms with Gasteiger partial charge in [0, 0.05) is 12.0 Å². The van der Waals surface area contributed by atoms with E-state index in [1.165, 1.54) is 22.3 Å². The highest BCUT2D eigenvalue weighted by atomic mass is 16.5. The smallest absolute Gasteiger partial charge is 0.287 e. The molecule has 3 rings (SSSR count). The monoisotopic (exact) mass is 359 g/mol. The molecule has 0 saturated carbocycles. The molecule has 3 atom stereocenters. The lowest BCUT2D eigenvalue weighted by Crippen LogP contribution is -3.14. The minimum atomic E-state index is -0.189. The van der Waals surface area contributed by atoms with Gasteiger partial charge in [-0.2, -0.15) is 0 Å². The van der Waals surface area contributed by atoms with Crippen LogP contribution in [-0.2, 0) is 6.42 Å². The summed E-state index contributed by atoms with van der Waals surface area (Å²) in [7, 11) is 3.30. The molecule has 1 aromatic heterocycles. The van der Waals surface area contributed by atoms with Crippen LogP contribution in [0.5, 0.6) is 11.5 Å². The normalized spacial score (nSPS) is 20.2. The molecule has 0 saturated heterocycles. The van der Waals surface area contributed by atoms with E-state index in [9.17, 15) is 4.79 Å². The van der Waals surface area contributed by atoms with E-state index >= 15 is 0 Å². The van der Waals surface area contributed by atoms with Crippen LogP contribution in [-0.4, -0.2) is 39.3 Å². The summed E-state index contributed by atoms with van der Waals surface area (Å²) >= 11 is 0. The zero-order valence-corrected chi connectivity index (χ0v) is 15.8. The second kappa shape index (κ2) is 7.83. The summed E-state index contributed by atoms with van der Waals surface area (Å²) in [6, 6.07) is 7.60. The summed E-state index contributed by atoms with van der Waals surface area (Å²) < 4.78 is 16.2. The summed E-state index contributed by atoms with van der Waals surface area (Å²) in [4.78, 5) is 13.9. The average molecular weight is 359 g/mol. The largest absolute Gasteiger partial charge is 0.493 e. The van der Waals surface area contributed by atoms with E-state index in [2.05, 4.69) is 24.4 Å². The number of hydrogen-bond donors (Lipinski definition) is 2. The number of nitrogens with one attached hydrogen (secondary N) is 2. The maximum Gasteiger partial charge on any atom is 0.287 e. The number of benzene rings is 1. The van der Waals surface area contributed by atoms with Crippen molar-refractivity contribution < 1.29 is 23.6 Å². The highest BCUT2D eigenvalue weighted by Gasteiger charge is 2.36. The zero-order chi connectivity index (χ0) is 18.7. The third-order valence-electron chi connectivity index (χ3n) is 5.19. The van der Waals surface area contributed by atoms with Crippen LogP contribution < -0.4 is 19.7 Å². The van der Waals surface area contributed by atoms with Gasteiger partial charge in [-0.05, 0) is 43.7 Å². The highest BCUT2D eigenvalue weighted by Crippen LogP contribution is 2.35. The molecule has 1 amide bonds. The van der Waals surface area contributed by atoms with Crippen LogP contribution in [0.1, 0.15) is 41.6 Å². The van der Waals surface area contributed by atoms with Crippen LogP contribution in [0.4, 0.5) is 0 Å². The Morgan fingerprint density at radius 1 is 1.35 bits per heavy atom. The number of likely N-dealkylation sites (N-methyl/N-ethyl adjacent to an activating group) is 1. The molecular weight excluding hydrogens is 332 g/mol. The minimum absolute atomic E-state index is 0.0558. The number of carbonyl (C=O) groups excluding carboxylic acids is 1. The van der Waals surface area contributed by atoms with E-state index in [0.717, 1.165) is 31.0 Å². The van der Waals surface area contributed by atoms with Crippen molar-refractivity contribution >= 4 is 5.91 Å². The maximum absolute atomic E-state index is 12.4. The first-order valence-electron chi connectivity index (χ1n) is 9.02. The van der Waals surface area contributed by atoms with Gasteiger partial charge in [-0.3, -0.25) is 4.79 Å². The zero-order valence-electron chi connectivity index (χ0n) is 15.8. The Balaban J connectivity index is 1.92. The third-order valence-corrected chi connectivity index (χ3v) is 5.19. The van der Waals surface area contributed by atoms with Gasteiger partial charge in [-0.25, -0.2) is 0 Å². The molecule has 0 fully saturated rings. The molecule has 26 heavy (non-hydrogen) atoms. The van der Waals surface area contributed by atoms with E-state index in [1.807, 2.05) is 6.92 Å². The van der Waals surface area contributed by atoms with Crippen molar-refractivity contribution in [2.75, 3.05) is 27.3 Å². The number of methoxy groups -OCH3 is 2. The molecule has 6 heteroatoms. The Kier molecular flexibility index (Phi) is 5.52. The van der Waals surface area contributed by atoms with Gasteiger partial charge in [-0.1, -0.05) is 0 Å². The van der Waals surface area contributed by atoms with E-state index in [1.54, 1.807) is 26.4 Å². The Labute approximate surface area is 154 Å². The van der Waals surface area contributed by atoms with Gasteiger partial charge in [0.2, 0.25) is 0 Å². The number of ether oxygens (including phenoxy) is 2. The van der Waals surface area contributed by atoms with Crippen LogP contribution in [0.3, 0.4) is 0 Å². The Morgan fingerprint density at radius 2 is 2.08 bits per heavy atom. The lowest BCUT2D eigenvalue weighted by atomic mass is 9.88. The number of amides is 1. The first-order valence-corrected chi connectivity index (χ1v) is 9.02. The van der Waals surface area contributed by atoms with E-state index < -0.39 is 0 Å². The van der Waals surface area contributed by atoms with Crippen molar-refractivity contribution in [2.45, 2.75) is 32.4 Å². The Hall–Kier alpha value is -2.47. The van der Waals surface area contributed by atoms with Crippen molar-refractivity contribution in [3.63, 3.8) is 0 Å². The van der Waals surface area contributed by atoms with Crippen molar-refractivity contribution in [3.05, 3.63) is 47.4 Å². The van der Waals surface area contributed by atoms with Gasteiger partial charge in [0.25, 0.3) is 5.91 Å². The molecule has 0 radical (unpaired) electrons. The molecule has 0 spiro atoms. The number of rotatable bonds is 6. The van der Waals surface area contributed by atoms with Crippen LogP contribution >= 0.6 is 0 Å². The molecule has 1 aliphatic rings. The van der Waals surface area contributed by atoms with Crippen LogP contribution in [0.2, 0.25) is 0 Å². The summed E-state index contributed by atoms with van der Waals surface area (Å²) in [5, 5.41) is 3.10. The first-order chi connectivity index (χ1) is 12.6. The summed E-state index contributed by atoms with van der Waals surface area (Å²) in [5.74, 6) is 1.61. The Bertz CT molecular complexity index is 757. The number of furan rings is 1. The molecule has 2 aromatic rings. The minimum Gasteiger partial charge on any atom is -0.493 e. The van der Waals surface area contributed by atoms with Crippen molar-refractivity contribution in [1.82, 2.24) is 5.32 Å². The lowest BCUT2D eigenvalue weighted by molar-refractivity contribution is -0.933. The fraction of sp³-hybridized carbons (Fsp3) is 0.450. The first kappa shape index (κ1) is 18.3. The molecule has 2 N–H and O–H groups in total. The highest BCUT2D eigenvalue weighted by molar-refractivity contribution is 5.91. The second-order valence-electron chi connectivity index (χ2n) is 6.63. The predicted molar refractivity (Wildman–Crippen MR) is 98.0 cm³/mol. The lowest BCUT2D eigenvalue weighted by Gasteiger charge is -2.37. The SMILES string of the molecule is CC[NH+]1CCc2cc(OC)c(OC)cc2[C@H]1[C@@H](C)NC(=O)c1ccco1. The van der Waals surface area contributed by atoms with Gasteiger partial charge < -0.3 is 24.1 Å². The van der Waals surface area contributed by atoms with Crippen molar-refractivity contribution in [1.29, 1.82) is 0 Å². The number of quaternary nitrogens is 1. The molecule has 1 aliphatic heterocycles. The molecule has 6 nitrogen and oxygen atoms in total.